The van der Waals surface area contributed by atoms with Crippen LogP contribution in [0.5, 0.6) is 0 Å². The number of nitrogens with zero attached hydrogens (tertiary/aromatic N) is 1. The van der Waals surface area contributed by atoms with Gasteiger partial charge in [0.1, 0.15) is 0 Å². The number of carbonyl (C=O) groups is 2. The van der Waals surface area contributed by atoms with Crippen molar-refractivity contribution in [2.75, 3.05) is 39.4 Å². The molecule has 0 aromatic carbocycles. The Morgan fingerprint density at radius 2 is 1.87 bits per heavy atom. The number of hydrogen-bond acceptors (Lipinski definition) is 5. The van der Waals surface area contributed by atoms with Crippen LogP contribution in [-0.4, -0.2) is 68.2 Å². The Balaban J connectivity index is 1.79. The summed E-state index contributed by atoms with van der Waals surface area (Å²) in [5.41, 5.74) is 5.66. The second-order valence-corrected chi connectivity index (χ2v) is 6.82. The molecule has 4 N–H and O–H groups in total. The molecule has 2 unspecified atom stereocenters. The fourth-order valence-electron chi connectivity index (χ4n) is 3.07. The molecule has 2 aliphatic rings. The zero-order valence-electron chi connectivity index (χ0n) is 14.2. The van der Waals surface area contributed by atoms with E-state index in [4.69, 9.17) is 10.5 Å². The van der Waals surface area contributed by atoms with Crippen LogP contribution in [0.4, 0.5) is 0 Å². The zero-order valence-corrected chi connectivity index (χ0v) is 14.2. The lowest BCUT2D eigenvalue weighted by Crippen LogP contribution is -2.54. The fraction of sp³-hybridized carbons (Fsp3) is 0.875. The topological polar surface area (TPSA) is 96.7 Å². The van der Waals surface area contributed by atoms with Gasteiger partial charge < -0.3 is 21.1 Å². The number of nitrogens with one attached hydrogen (secondary N) is 2. The van der Waals surface area contributed by atoms with E-state index >= 15 is 0 Å². The van der Waals surface area contributed by atoms with Crippen LogP contribution < -0.4 is 16.4 Å². The molecule has 0 spiro atoms. The van der Waals surface area contributed by atoms with Crippen molar-refractivity contribution in [1.82, 2.24) is 15.5 Å². The average molecular weight is 326 g/mol. The van der Waals surface area contributed by atoms with Gasteiger partial charge in [0.05, 0.1) is 13.2 Å². The number of carbonyl (C=O) groups excluding carboxylic acids is 2. The maximum Gasteiger partial charge on any atom is 0.309 e. The highest BCUT2D eigenvalue weighted by atomic mass is 16.5. The molecular formula is C16H30N4O3. The third-order valence-corrected chi connectivity index (χ3v) is 4.72. The lowest BCUT2D eigenvalue weighted by atomic mass is 10.0. The molecule has 7 nitrogen and oxygen atoms in total. The fourth-order valence-corrected chi connectivity index (χ4v) is 3.07. The molecule has 2 amide bonds. The van der Waals surface area contributed by atoms with Crippen LogP contribution in [-0.2, 0) is 14.3 Å². The molecule has 7 heteroatoms. The molecule has 1 saturated carbocycles. The lowest BCUT2D eigenvalue weighted by molar-refractivity contribution is -0.139. The first-order valence-corrected chi connectivity index (χ1v) is 8.63. The highest BCUT2D eigenvalue weighted by Gasteiger charge is 2.32. The van der Waals surface area contributed by atoms with Crippen molar-refractivity contribution in [3.63, 3.8) is 0 Å². The molecule has 0 aromatic rings. The molecule has 1 aliphatic carbocycles. The normalized spacial score (nSPS) is 21.7. The van der Waals surface area contributed by atoms with E-state index in [1.54, 1.807) is 0 Å². The van der Waals surface area contributed by atoms with Gasteiger partial charge in [0.15, 0.2) is 0 Å². The zero-order chi connectivity index (χ0) is 16.8. The van der Waals surface area contributed by atoms with Gasteiger partial charge in [0.2, 0.25) is 0 Å². The van der Waals surface area contributed by atoms with Crippen LogP contribution in [0.2, 0.25) is 0 Å². The van der Waals surface area contributed by atoms with Gasteiger partial charge in [0, 0.05) is 38.3 Å². The van der Waals surface area contributed by atoms with Gasteiger partial charge >= 0.3 is 11.8 Å². The number of morpholine rings is 1. The lowest BCUT2D eigenvalue weighted by Gasteiger charge is -2.36. The summed E-state index contributed by atoms with van der Waals surface area (Å²) in [6.07, 6.45) is 2.16. The highest BCUT2D eigenvalue weighted by Crippen LogP contribution is 2.32. The van der Waals surface area contributed by atoms with Crippen molar-refractivity contribution >= 4 is 11.8 Å². The summed E-state index contributed by atoms with van der Waals surface area (Å²) < 4.78 is 5.37. The highest BCUT2D eigenvalue weighted by molar-refractivity contribution is 6.35. The Hall–Kier alpha value is -1.18. The van der Waals surface area contributed by atoms with Crippen molar-refractivity contribution in [3.05, 3.63) is 0 Å². The van der Waals surface area contributed by atoms with Crippen LogP contribution in [0.1, 0.15) is 26.7 Å². The molecule has 1 saturated heterocycles. The molecule has 2 fully saturated rings. The van der Waals surface area contributed by atoms with Crippen LogP contribution in [0.25, 0.3) is 0 Å². The summed E-state index contributed by atoms with van der Waals surface area (Å²) in [7, 11) is 0. The van der Waals surface area contributed by atoms with Crippen molar-refractivity contribution in [1.29, 1.82) is 0 Å². The Morgan fingerprint density at radius 3 is 2.39 bits per heavy atom. The summed E-state index contributed by atoms with van der Waals surface area (Å²) in [4.78, 5) is 26.3. The van der Waals surface area contributed by atoms with Gasteiger partial charge in [-0.3, -0.25) is 14.5 Å². The van der Waals surface area contributed by atoms with Crippen molar-refractivity contribution in [2.45, 2.75) is 38.8 Å². The Bertz CT molecular complexity index is 406. The van der Waals surface area contributed by atoms with Crippen LogP contribution >= 0.6 is 0 Å². The van der Waals surface area contributed by atoms with E-state index in [-0.39, 0.29) is 12.1 Å². The van der Waals surface area contributed by atoms with Crippen molar-refractivity contribution in [2.24, 2.45) is 17.6 Å². The third kappa shape index (κ3) is 5.44. The minimum Gasteiger partial charge on any atom is -0.379 e. The van der Waals surface area contributed by atoms with Crippen molar-refractivity contribution in [3.8, 4) is 0 Å². The predicted octanol–water partition coefficient (Wildman–Crippen LogP) is -0.687. The van der Waals surface area contributed by atoms with E-state index in [2.05, 4.69) is 29.4 Å². The number of ether oxygens (including phenoxy) is 1. The molecule has 132 valence electrons. The summed E-state index contributed by atoms with van der Waals surface area (Å²) in [6.45, 7) is 8.28. The molecule has 0 radical (unpaired) electrons. The number of amides is 2. The Morgan fingerprint density at radius 1 is 1.22 bits per heavy atom. The molecule has 1 heterocycles. The molecule has 0 bridgehead atoms. The summed E-state index contributed by atoms with van der Waals surface area (Å²) >= 11 is 0. The minimum atomic E-state index is -0.572. The monoisotopic (exact) mass is 326 g/mol. The maximum absolute atomic E-state index is 12.0. The number of nitrogens with two attached hydrogens (primary N) is 1. The molecule has 1 aliphatic heterocycles. The van der Waals surface area contributed by atoms with Gasteiger partial charge in [-0.25, -0.2) is 0 Å². The van der Waals surface area contributed by atoms with Crippen LogP contribution in [0.3, 0.4) is 0 Å². The first kappa shape index (κ1) is 18.2. The SMILES string of the molecule is CC(C)C(CNC(=O)C(=O)NC(CN)C1CC1)N1CCOCC1. The van der Waals surface area contributed by atoms with E-state index in [0.717, 1.165) is 39.1 Å². The van der Waals surface area contributed by atoms with E-state index in [0.29, 0.717) is 24.9 Å². The predicted molar refractivity (Wildman–Crippen MR) is 87.7 cm³/mol. The first-order valence-electron chi connectivity index (χ1n) is 8.63. The summed E-state index contributed by atoms with van der Waals surface area (Å²) in [5.74, 6) is -0.312. The van der Waals surface area contributed by atoms with E-state index < -0.39 is 11.8 Å². The van der Waals surface area contributed by atoms with Crippen LogP contribution in [0.15, 0.2) is 0 Å². The average Bonchev–Trinajstić information content (AvgIpc) is 3.37. The number of hydrogen-bond donors (Lipinski definition) is 3. The largest absolute Gasteiger partial charge is 0.379 e. The van der Waals surface area contributed by atoms with Crippen molar-refractivity contribution < 1.29 is 14.3 Å². The summed E-state index contributed by atoms with van der Waals surface area (Å²) in [5, 5.41) is 5.53. The third-order valence-electron chi connectivity index (χ3n) is 4.72. The maximum atomic E-state index is 12.0. The van der Waals surface area contributed by atoms with Crippen LogP contribution in [0, 0.1) is 11.8 Å². The molecule has 2 rings (SSSR count). The van der Waals surface area contributed by atoms with Gasteiger partial charge in [-0.1, -0.05) is 13.8 Å². The quantitative estimate of drug-likeness (QED) is 0.538. The second-order valence-electron chi connectivity index (χ2n) is 6.82. The minimum absolute atomic E-state index is 0.0756. The van der Waals surface area contributed by atoms with Gasteiger partial charge in [-0.2, -0.15) is 0 Å². The van der Waals surface area contributed by atoms with Gasteiger partial charge in [-0.05, 0) is 24.7 Å². The Kier molecular flexibility index (Phi) is 6.80. The van der Waals surface area contributed by atoms with Gasteiger partial charge in [-0.15, -0.1) is 0 Å². The Labute approximate surface area is 138 Å². The standard InChI is InChI=1S/C16H30N4O3/c1-11(2)14(20-5-7-23-8-6-20)10-18-15(21)16(22)19-13(9-17)12-3-4-12/h11-14H,3-10,17H2,1-2H3,(H,18,21)(H,19,22). The second kappa shape index (κ2) is 8.61. The molecular weight excluding hydrogens is 296 g/mol. The van der Waals surface area contributed by atoms with E-state index in [9.17, 15) is 9.59 Å². The van der Waals surface area contributed by atoms with E-state index in [1.807, 2.05) is 0 Å². The number of rotatable bonds is 7. The van der Waals surface area contributed by atoms with E-state index in [1.165, 1.54) is 0 Å². The summed E-state index contributed by atoms with van der Waals surface area (Å²) in [6, 6.07) is 0.137. The first-order chi connectivity index (χ1) is 11.0. The van der Waals surface area contributed by atoms with Gasteiger partial charge in [0.25, 0.3) is 0 Å². The molecule has 2 atom stereocenters. The smallest absolute Gasteiger partial charge is 0.309 e. The molecule has 23 heavy (non-hydrogen) atoms. The molecule has 0 aromatic heterocycles.